The number of rotatable bonds is 4. The van der Waals surface area contributed by atoms with Gasteiger partial charge >= 0.3 is 0 Å². The number of aliphatic hydroxyl groups is 2. The highest BCUT2D eigenvalue weighted by atomic mass is 35.5. The minimum Gasteiger partial charge on any atom is -0.496 e. The zero-order valence-corrected chi connectivity index (χ0v) is 16.4. The minimum absolute atomic E-state index is 0.0397. The van der Waals surface area contributed by atoms with Crippen molar-refractivity contribution in [3.63, 3.8) is 0 Å². The molecule has 1 atom stereocenters. The number of ether oxygens (including phenoxy) is 1. The van der Waals surface area contributed by atoms with Crippen LogP contribution < -0.4 is 10.5 Å². The maximum Gasteiger partial charge on any atom is 0.223 e. The third-order valence-electron chi connectivity index (χ3n) is 4.31. The molecule has 3 heterocycles. The molecule has 0 spiro atoms. The van der Waals surface area contributed by atoms with Gasteiger partial charge in [0.05, 0.1) is 36.9 Å². The van der Waals surface area contributed by atoms with Crippen molar-refractivity contribution in [2.75, 3.05) is 19.5 Å². The van der Waals surface area contributed by atoms with Crippen molar-refractivity contribution in [2.45, 2.75) is 26.5 Å². The van der Waals surface area contributed by atoms with Gasteiger partial charge in [-0.15, -0.1) is 0 Å². The Balaban J connectivity index is 2.15. The Hall–Kier alpha value is -2.86. The van der Waals surface area contributed by atoms with Crippen LogP contribution in [0.2, 0.25) is 5.15 Å². The van der Waals surface area contributed by atoms with Crippen molar-refractivity contribution in [2.24, 2.45) is 0 Å². The molecule has 0 aliphatic carbocycles. The van der Waals surface area contributed by atoms with Crippen LogP contribution in [0.15, 0.2) is 12.4 Å². The number of aryl methyl sites for hydroxylation is 1. The Labute approximate surface area is 167 Å². The maximum absolute atomic E-state index is 9.53. The first-order valence-corrected chi connectivity index (χ1v) is 8.84. The van der Waals surface area contributed by atoms with Gasteiger partial charge in [-0.25, -0.2) is 4.98 Å². The first-order chi connectivity index (χ1) is 13.3. The lowest BCUT2D eigenvalue weighted by atomic mass is 10.1. The first-order valence-electron chi connectivity index (χ1n) is 8.47. The van der Waals surface area contributed by atoms with Crippen LogP contribution in [0, 0.1) is 25.7 Å². The number of anilines is 1. The van der Waals surface area contributed by atoms with Crippen molar-refractivity contribution < 1.29 is 14.9 Å². The molecule has 0 bridgehead atoms. The van der Waals surface area contributed by atoms with Crippen LogP contribution in [0.25, 0.3) is 11.0 Å². The van der Waals surface area contributed by atoms with E-state index in [1.807, 2.05) is 18.4 Å². The molecule has 0 saturated heterocycles. The van der Waals surface area contributed by atoms with E-state index < -0.39 is 12.7 Å². The minimum atomic E-state index is -1.16. The van der Waals surface area contributed by atoms with E-state index in [1.165, 1.54) is 0 Å². The number of aliphatic hydroxyl groups excluding tert-OH is 2. The van der Waals surface area contributed by atoms with Crippen LogP contribution in [-0.4, -0.2) is 49.6 Å². The number of nitrogens with two attached hydrogens (primary N) is 1. The highest BCUT2D eigenvalue weighted by Gasteiger charge is 2.17. The smallest absolute Gasteiger partial charge is 0.223 e. The monoisotopic (exact) mass is 401 g/mol. The standard InChI is InChI=1S/C19H20ClN5O3/c1-10-6-22-14(11(2)16(10)28-3)8-25-7-12(4-5-13(27)9-26)15-17(20)23-19(21)24-18(15)25/h6-7,13,26-27H,8-9H2,1-3H3,(H2,21,23,24)/t13-/m0/s1. The van der Waals surface area contributed by atoms with Crippen molar-refractivity contribution >= 4 is 28.6 Å². The van der Waals surface area contributed by atoms with Crippen LogP contribution in [-0.2, 0) is 6.54 Å². The molecule has 3 rings (SSSR count). The fraction of sp³-hybridized carbons (Fsp3) is 0.316. The number of fused-ring (bicyclic) bond motifs is 1. The zero-order valence-electron chi connectivity index (χ0n) is 15.7. The van der Waals surface area contributed by atoms with Gasteiger partial charge < -0.3 is 25.3 Å². The molecule has 0 aliphatic rings. The number of nitrogen functional groups attached to an aromatic ring is 1. The van der Waals surface area contributed by atoms with Crippen molar-refractivity contribution in [1.82, 2.24) is 19.5 Å². The highest BCUT2D eigenvalue weighted by Crippen LogP contribution is 2.29. The summed E-state index contributed by atoms with van der Waals surface area (Å²) in [6, 6.07) is 0. The van der Waals surface area contributed by atoms with Gasteiger partial charge in [0.1, 0.15) is 22.7 Å². The summed E-state index contributed by atoms with van der Waals surface area (Å²) < 4.78 is 7.29. The van der Waals surface area contributed by atoms with Gasteiger partial charge in [0.25, 0.3) is 0 Å². The summed E-state index contributed by atoms with van der Waals surface area (Å²) in [6.07, 6.45) is 2.34. The second-order valence-electron chi connectivity index (χ2n) is 6.26. The molecular formula is C19H20ClN5O3. The highest BCUT2D eigenvalue weighted by molar-refractivity contribution is 6.34. The Kier molecular flexibility index (Phi) is 5.70. The molecule has 28 heavy (non-hydrogen) atoms. The van der Waals surface area contributed by atoms with Crippen LogP contribution in [0.5, 0.6) is 5.75 Å². The quantitative estimate of drug-likeness (QED) is 0.447. The lowest BCUT2D eigenvalue weighted by molar-refractivity contribution is 0.138. The lowest BCUT2D eigenvalue weighted by Gasteiger charge is -2.13. The molecule has 146 valence electrons. The van der Waals surface area contributed by atoms with Gasteiger partial charge in [0.15, 0.2) is 0 Å². The third-order valence-corrected chi connectivity index (χ3v) is 4.58. The molecule has 0 unspecified atom stereocenters. The van der Waals surface area contributed by atoms with Gasteiger partial charge in [-0.3, -0.25) is 4.98 Å². The van der Waals surface area contributed by atoms with E-state index in [0.717, 1.165) is 22.6 Å². The van der Waals surface area contributed by atoms with Gasteiger partial charge in [-0.2, -0.15) is 4.98 Å². The first kappa shape index (κ1) is 19.9. The number of nitrogens with zero attached hydrogens (tertiary/aromatic N) is 4. The van der Waals surface area contributed by atoms with Crippen molar-refractivity contribution in [3.05, 3.63) is 39.9 Å². The molecule has 9 heteroatoms. The van der Waals surface area contributed by atoms with Gasteiger partial charge in [0.2, 0.25) is 5.95 Å². The maximum atomic E-state index is 9.53. The summed E-state index contributed by atoms with van der Waals surface area (Å²) in [5.41, 5.74) is 9.45. The summed E-state index contributed by atoms with van der Waals surface area (Å²) in [4.78, 5) is 12.8. The van der Waals surface area contributed by atoms with Gasteiger partial charge in [-0.1, -0.05) is 23.4 Å². The van der Waals surface area contributed by atoms with Crippen LogP contribution >= 0.6 is 11.6 Å². The molecule has 8 nitrogen and oxygen atoms in total. The number of pyridine rings is 1. The summed E-state index contributed by atoms with van der Waals surface area (Å²) in [7, 11) is 1.62. The fourth-order valence-electron chi connectivity index (χ4n) is 2.97. The van der Waals surface area contributed by atoms with Gasteiger partial charge in [0, 0.05) is 23.5 Å². The van der Waals surface area contributed by atoms with Crippen molar-refractivity contribution in [3.8, 4) is 17.6 Å². The lowest BCUT2D eigenvalue weighted by Crippen LogP contribution is -2.07. The van der Waals surface area contributed by atoms with Crippen LogP contribution in [0.3, 0.4) is 0 Å². The van der Waals surface area contributed by atoms with E-state index in [1.54, 1.807) is 19.5 Å². The second-order valence-corrected chi connectivity index (χ2v) is 6.61. The predicted octanol–water partition coefficient (Wildman–Crippen LogP) is 1.44. The molecule has 0 saturated carbocycles. The second kappa shape index (κ2) is 8.02. The molecule has 3 aromatic rings. The molecule has 4 N–H and O–H groups in total. The van der Waals surface area contributed by atoms with Crippen molar-refractivity contribution in [1.29, 1.82) is 0 Å². The molecular weight excluding hydrogens is 382 g/mol. The summed E-state index contributed by atoms with van der Waals surface area (Å²) in [5.74, 6) is 6.20. The predicted molar refractivity (Wildman–Crippen MR) is 106 cm³/mol. The normalized spacial score (nSPS) is 11.9. The number of hydrogen-bond acceptors (Lipinski definition) is 7. The average molecular weight is 402 g/mol. The SMILES string of the molecule is COc1c(C)cnc(Cn2cc(C#C[C@H](O)CO)c3c(Cl)nc(N)nc32)c1C. The molecule has 0 aromatic carbocycles. The summed E-state index contributed by atoms with van der Waals surface area (Å²) in [5, 5.41) is 19.2. The Morgan fingerprint density at radius 1 is 1.36 bits per heavy atom. The van der Waals surface area contributed by atoms with Crippen LogP contribution in [0.1, 0.15) is 22.4 Å². The van der Waals surface area contributed by atoms with E-state index >= 15 is 0 Å². The number of methoxy groups -OCH3 is 1. The topological polar surface area (TPSA) is 119 Å². The van der Waals surface area contributed by atoms with E-state index in [2.05, 4.69) is 26.8 Å². The Morgan fingerprint density at radius 2 is 2.11 bits per heavy atom. The Bertz CT molecular complexity index is 1100. The summed E-state index contributed by atoms with van der Waals surface area (Å²) >= 11 is 6.27. The van der Waals surface area contributed by atoms with Crippen LogP contribution in [0.4, 0.5) is 5.95 Å². The molecule has 0 radical (unpaired) electrons. The third kappa shape index (κ3) is 3.73. The van der Waals surface area contributed by atoms with Gasteiger partial charge in [-0.05, 0) is 13.8 Å². The zero-order chi connectivity index (χ0) is 20.4. The van der Waals surface area contributed by atoms with E-state index in [9.17, 15) is 5.11 Å². The number of aromatic nitrogens is 4. The molecule has 0 amide bonds. The number of halogens is 1. The molecule has 3 aromatic heterocycles. The van der Waals surface area contributed by atoms with E-state index in [0.29, 0.717) is 23.1 Å². The fourth-order valence-corrected chi connectivity index (χ4v) is 3.25. The number of hydrogen-bond donors (Lipinski definition) is 3. The summed E-state index contributed by atoms with van der Waals surface area (Å²) in [6.45, 7) is 3.79. The molecule has 0 aliphatic heterocycles. The molecule has 0 fully saturated rings. The Morgan fingerprint density at radius 3 is 2.79 bits per heavy atom. The average Bonchev–Trinajstić information content (AvgIpc) is 3.00. The van der Waals surface area contributed by atoms with E-state index in [-0.39, 0.29) is 11.1 Å². The largest absolute Gasteiger partial charge is 0.496 e. The van der Waals surface area contributed by atoms with E-state index in [4.69, 9.17) is 27.2 Å².